The number of aryl methyl sites for hydroxylation is 2. The first-order chi connectivity index (χ1) is 11.4. The van der Waals surface area contributed by atoms with Gasteiger partial charge in [0.05, 0.1) is 35.4 Å². The van der Waals surface area contributed by atoms with E-state index in [0.29, 0.717) is 13.0 Å². The maximum absolute atomic E-state index is 12.4. The van der Waals surface area contributed by atoms with Crippen LogP contribution in [0.15, 0.2) is 0 Å². The van der Waals surface area contributed by atoms with Gasteiger partial charge in [-0.15, -0.1) is 11.3 Å². The highest BCUT2D eigenvalue weighted by molar-refractivity contribution is 7.91. The standard InChI is InChI=1S/C15H25N3O4S2/c1-3-4-14-17-11(2)13(23-14)9-16-15(20)18(6-7-19)12-5-8-24(21,22)10-12/h12,19H,3-10H2,1-2H3,(H,16,20)/t12-/m1/s1. The smallest absolute Gasteiger partial charge is 0.318 e. The third-order valence-corrected chi connectivity index (χ3v) is 7.02. The van der Waals surface area contributed by atoms with Crippen LogP contribution in [0, 0.1) is 6.92 Å². The predicted molar refractivity (Wildman–Crippen MR) is 93.9 cm³/mol. The first-order valence-electron chi connectivity index (χ1n) is 8.17. The molecule has 1 aromatic rings. The van der Waals surface area contributed by atoms with Crippen molar-refractivity contribution in [1.29, 1.82) is 0 Å². The average Bonchev–Trinajstić information content (AvgIpc) is 3.05. The molecule has 0 radical (unpaired) electrons. The van der Waals surface area contributed by atoms with Gasteiger partial charge in [0.1, 0.15) is 0 Å². The Morgan fingerprint density at radius 1 is 1.50 bits per heavy atom. The van der Waals surface area contributed by atoms with Crippen molar-refractivity contribution < 1.29 is 18.3 Å². The summed E-state index contributed by atoms with van der Waals surface area (Å²) >= 11 is 1.59. The van der Waals surface area contributed by atoms with E-state index in [0.717, 1.165) is 28.4 Å². The third-order valence-electron chi connectivity index (χ3n) is 4.05. The Balaban J connectivity index is 1.98. The van der Waals surface area contributed by atoms with Gasteiger partial charge in [-0.2, -0.15) is 0 Å². The van der Waals surface area contributed by atoms with Crippen LogP contribution in [0.2, 0.25) is 0 Å². The summed E-state index contributed by atoms with van der Waals surface area (Å²) in [6.07, 6.45) is 2.38. The van der Waals surface area contributed by atoms with E-state index >= 15 is 0 Å². The second kappa shape index (κ2) is 8.26. The minimum Gasteiger partial charge on any atom is -0.395 e. The van der Waals surface area contributed by atoms with Gasteiger partial charge in [0.15, 0.2) is 9.84 Å². The van der Waals surface area contributed by atoms with Gasteiger partial charge in [0, 0.05) is 17.5 Å². The molecule has 136 valence electrons. The molecule has 1 aromatic heterocycles. The van der Waals surface area contributed by atoms with Crippen LogP contribution in [0.5, 0.6) is 0 Å². The number of aliphatic hydroxyl groups excluding tert-OH is 1. The number of hydrogen-bond acceptors (Lipinski definition) is 6. The summed E-state index contributed by atoms with van der Waals surface area (Å²) in [5, 5.41) is 13.1. The number of hydrogen-bond donors (Lipinski definition) is 2. The molecule has 0 aromatic carbocycles. The number of urea groups is 1. The Morgan fingerprint density at radius 2 is 2.25 bits per heavy atom. The molecule has 0 saturated carbocycles. The van der Waals surface area contributed by atoms with Crippen LogP contribution in [0.4, 0.5) is 4.79 Å². The van der Waals surface area contributed by atoms with E-state index in [1.54, 1.807) is 11.3 Å². The Bertz CT molecular complexity index is 672. The summed E-state index contributed by atoms with van der Waals surface area (Å²) in [5.41, 5.74) is 0.918. The van der Waals surface area contributed by atoms with Gasteiger partial charge in [0.2, 0.25) is 0 Å². The van der Waals surface area contributed by atoms with Crippen molar-refractivity contribution in [2.24, 2.45) is 0 Å². The van der Waals surface area contributed by atoms with Crippen molar-refractivity contribution in [1.82, 2.24) is 15.2 Å². The molecule has 9 heteroatoms. The maximum atomic E-state index is 12.4. The number of rotatable bonds is 7. The molecule has 24 heavy (non-hydrogen) atoms. The van der Waals surface area contributed by atoms with E-state index in [9.17, 15) is 18.3 Å². The zero-order chi connectivity index (χ0) is 17.7. The zero-order valence-corrected chi connectivity index (χ0v) is 15.8. The Labute approximate surface area is 147 Å². The van der Waals surface area contributed by atoms with Gasteiger partial charge in [-0.3, -0.25) is 0 Å². The van der Waals surface area contributed by atoms with Gasteiger partial charge in [0.25, 0.3) is 0 Å². The molecule has 0 bridgehead atoms. The lowest BCUT2D eigenvalue weighted by Crippen LogP contribution is -2.47. The predicted octanol–water partition coefficient (Wildman–Crippen LogP) is 1.10. The van der Waals surface area contributed by atoms with Gasteiger partial charge >= 0.3 is 6.03 Å². The van der Waals surface area contributed by atoms with Gasteiger partial charge in [-0.1, -0.05) is 6.92 Å². The van der Waals surface area contributed by atoms with E-state index in [2.05, 4.69) is 17.2 Å². The molecule has 7 nitrogen and oxygen atoms in total. The quantitative estimate of drug-likeness (QED) is 0.743. The van der Waals surface area contributed by atoms with E-state index in [1.165, 1.54) is 4.90 Å². The first kappa shape index (κ1) is 19.1. The van der Waals surface area contributed by atoms with Crippen LogP contribution in [0.3, 0.4) is 0 Å². The van der Waals surface area contributed by atoms with E-state index in [4.69, 9.17) is 0 Å². The molecule has 0 unspecified atom stereocenters. The first-order valence-corrected chi connectivity index (χ1v) is 10.8. The molecule has 1 aliphatic rings. The molecule has 2 amide bonds. The molecule has 1 atom stereocenters. The van der Waals surface area contributed by atoms with Crippen LogP contribution in [-0.2, 0) is 22.8 Å². The molecule has 2 N–H and O–H groups in total. The van der Waals surface area contributed by atoms with Gasteiger partial charge < -0.3 is 15.3 Å². The number of nitrogens with one attached hydrogen (secondary N) is 1. The molecule has 1 fully saturated rings. The van der Waals surface area contributed by atoms with E-state index in [-0.39, 0.29) is 36.7 Å². The highest BCUT2D eigenvalue weighted by Crippen LogP contribution is 2.20. The van der Waals surface area contributed by atoms with Crippen molar-refractivity contribution in [3.05, 3.63) is 15.6 Å². The summed E-state index contributed by atoms with van der Waals surface area (Å²) < 4.78 is 23.3. The molecule has 0 aliphatic carbocycles. The van der Waals surface area contributed by atoms with Crippen molar-refractivity contribution in [2.45, 2.75) is 45.7 Å². The normalized spacial score (nSPS) is 19.4. The van der Waals surface area contributed by atoms with Crippen molar-refractivity contribution in [3.8, 4) is 0 Å². The van der Waals surface area contributed by atoms with Crippen LogP contribution in [-0.4, -0.2) is 60.1 Å². The van der Waals surface area contributed by atoms with Crippen molar-refractivity contribution in [3.63, 3.8) is 0 Å². The minimum atomic E-state index is -3.08. The lowest BCUT2D eigenvalue weighted by Gasteiger charge is -2.27. The van der Waals surface area contributed by atoms with Gasteiger partial charge in [-0.25, -0.2) is 18.2 Å². The Morgan fingerprint density at radius 3 is 2.83 bits per heavy atom. The molecular weight excluding hydrogens is 350 g/mol. The number of sulfone groups is 1. The molecule has 2 rings (SSSR count). The monoisotopic (exact) mass is 375 g/mol. The van der Waals surface area contributed by atoms with E-state index < -0.39 is 9.84 Å². The number of carbonyl (C=O) groups is 1. The third kappa shape index (κ3) is 4.90. The zero-order valence-electron chi connectivity index (χ0n) is 14.1. The summed E-state index contributed by atoms with van der Waals surface area (Å²) in [4.78, 5) is 19.4. The lowest BCUT2D eigenvalue weighted by molar-refractivity contribution is 0.157. The van der Waals surface area contributed by atoms with Crippen molar-refractivity contribution >= 4 is 27.2 Å². The fourth-order valence-corrected chi connectivity index (χ4v) is 5.65. The second-order valence-electron chi connectivity index (χ2n) is 6.00. The topological polar surface area (TPSA) is 99.6 Å². The summed E-state index contributed by atoms with van der Waals surface area (Å²) in [6.45, 7) is 4.33. The fraction of sp³-hybridized carbons (Fsp3) is 0.733. The number of carbonyl (C=O) groups excluding carboxylic acids is 1. The van der Waals surface area contributed by atoms with Crippen LogP contribution < -0.4 is 5.32 Å². The average molecular weight is 376 g/mol. The summed E-state index contributed by atoms with van der Waals surface area (Å²) in [5.74, 6) is 0.0713. The molecule has 1 aliphatic heterocycles. The number of nitrogens with zero attached hydrogens (tertiary/aromatic N) is 2. The highest BCUT2D eigenvalue weighted by Gasteiger charge is 2.34. The Hall–Kier alpha value is -1.19. The van der Waals surface area contributed by atoms with Crippen LogP contribution >= 0.6 is 11.3 Å². The summed E-state index contributed by atoms with van der Waals surface area (Å²) in [6, 6.07) is -0.698. The summed E-state index contributed by atoms with van der Waals surface area (Å²) in [7, 11) is -3.08. The largest absolute Gasteiger partial charge is 0.395 e. The van der Waals surface area contributed by atoms with Crippen LogP contribution in [0.25, 0.3) is 0 Å². The highest BCUT2D eigenvalue weighted by atomic mass is 32.2. The number of amides is 2. The maximum Gasteiger partial charge on any atom is 0.318 e. The minimum absolute atomic E-state index is 0.0271. The Kier molecular flexibility index (Phi) is 6.59. The number of aliphatic hydroxyl groups is 1. The molecule has 1 saturated heterocycles. The van der Waals surface area contributed by atoms with Crippen molar-refractivity contribution in [2.75, 3.05) is 24.7 Å². The number of thiazole rings is 1. The molecule has 0 spiro atoms. The SMILES string of the molecule is CCCc1nc(C)c(CNC(=O)N(CCO)[C@@H]2CCS(=O)(=O)C2)s1. The lowest BCUT2D eigenvalue weighted by atomic mass is 10.2. The molecular formula is C15H25N3O4S2. The second-order valence-corrected chi connectivity index (χ2v) is 9.40. The van der Waals surface area contributed by atoms with Gasteiger partial charge in [-0.05, 0) is 26.2 Å². The number of aromatic nitrogens is 1. The van der Waals surface area contributed by atoms with E-state index in [1.807, 2.05) is 6.92 Å². The fourth-order valence-electron chi connectivity index (χ4n) is 2.81. The van der Waals surface area contributed by atoms with Crippen LogP contribution in [0.1, 0.15) is 35.3 Å². The molecule has 2 heterocycles.